The molecule has 2 N–H and O–H groups in total. The van der Waals surface area contributed by atoms with E-state index < -0.39 is 9.84 Å². The standard InChI is InChI=1S/C25H38N6O2S/c1-30-13-10-18(11-14-30)17-31(2)12-5-15-34(32,33)25-27-24(28-29-25)26-23-21-8-3-6-19(21)16-20-7-4-9-22(20)23/h16,18H,3-15,17H2,1-2H3,(H2,26,27,28,29). The van der Waals surface area contributed by atoms with Gasteiger partial charge in [-0.2, -0.15) is 4.98 Å². The van der Waals surface area contributed by atoms with Crippen LogP contribution in [-0.4, -0.2) is 79.4 Å². The summed E-state index contributed by atoms with van der Waals surface area (Å²) >= 11 is 0. The molecule has 1 aromatic heterocycles. The third-order valence-corrected chi connectivity index (χ3v) is 9.43. The van der Waals surface area contributed by atoms with Crippen LogP contribution in [0.2, 0.25) is 0 Å². The van der Waals surface area contributed by atoms with Gasteiger partial charge in [0.15, 0.2) is 0 Å². The first-order valence-electron chi connectivity index (χ1n) is 12.8. The summed E-state index contributed by atoms with van der Waals surface area (Å²) in [4.78, 5) is 8.99. The minimum atomic E-state index is -3.49. The smallest absolute Gasteiger partial charge is 0.247 e. The molecule has 0 bridgehead atoms. The Morgan fingerprint density at radius 1 is 1.12 bits per heavy atom. The molecule has 1 aliphatic heterocycles. The summed E-state index contributed by atoms with van der Waals surface area (Å²) in [5.41, 5.74) is 6.71. The second kappa shape index (κ2) is 9.95. The molecule has 0 radical (unpaired) electrons. The summed E-state index contributed by atoms with van der Waals surface area (Å²) in [6.07, 6.45) is 9.75. The Morgan fingerprint density at radius 3 is 2.47 bits per heavy atom. The molecule has 1 aromatic carbocycles. The van der Waals surface area contributed by atoms with E-state index in [-0.39, 0.29) is 10.9 Å². The van der Waals surface area contributed by atoms with Gasteiger partial charge < -0.3 is 15.1 Å². The van der Waals surface area contributed by atoms with E-state index in [0.717, 1.165) is 57.5 Å². The van der Waals surface area contributed by atoms with Gasteiger partial charge in [0.2, 0.25) is 20.9 Å². The molecular weight excluding hydrogens is 448 g/mol. The zero-order valence-electron chi connectivity index (χ0n) is 20.6. The van der Waals surface area contributed by atoms with Gasteiger partial charge in [0.1, 0.15) is 0 Å². The van der Waals surface area contributed by atoms with Crippen molar-refractivity contribution >= 4 is 21.5 Å². The maximum atomic E-state index is 12.9. The number of anilines is 2. The van der Waals surface area contributed by atoms with E-state index in [1.807, 2.05) is 0 Å². The van der Waals surface area contributed by atoms with Crippen LogP contribution in [0.4, 0.5) is 11.6 Å². The van der Waals surface area contributed by atoms with Gasteiger partial charge in [0.05, 0.1) is 5.75 Å². The Labute approximate surface area is 203 Å². The second-order valence-electron chi connectivity index (χ2n) is 10.5. The van der Waals surface area contributed by atoms with Gasteiger partial charge in [-0.25, -0.2) is 13.5 Å². The number of fused-ring (bicyclic) bond motifs is 2. The summed E-state index contributed by atoms with van der Waals surface area (Å²) in [6, 6.07) is 2.38. The SMILES string of the molecule is CN1CCC(CN(C)CCCS(=O)(=O)c2nc(Nc3c4c(cc5c3CCC5)CCC4)n[nH]2)CC1. The molecule has 0 saturated carbocycles. The number of nitrogens with one attached hydrogen (secondary N) is 2. The molecule has 34 heavy (non-hydrogen) atoms. The number of benzene rings is 1. The predicted molar refractivity (Wildman–Crippen MR) is 135 cm³/mol. The van der Waals surface area contributed by atoms with Gasteiger partial charge in [0.25, 0.3) is 0 Å². The van der Waals surface area contributed by atoms with Crippen LogP contribution in [0.3, 0.4) is 0 Å². The quantitative estimate of drug-likeness (QED) is 0.563. The van der Waals surface area contributed by atoms with E-state index in [1.165, 1.54) is 47.9 Å². The minimum Gasteiger partial charge on any atom is -0.322 e. The number of aryl methyl sites for hydroxylation is 2. The fourth-order valence-electron chi connectivity index (χ4n) is 5.92. The minimum absolute atomic E-state index is 0.0304. The maximum absolute atomic E-state index is 12.9. The lowest BCUT2D eigenvalue weighted by atomic mass is 9.97. The highest BCUT2D eigenvalue weighted by molar-refractivity contribution is 7.91. The Kier molecular flexibility index (Phi) is 6.95. The monoisotopic (exact) mass is 486 g/mol. The highest BCUT2D eigenvalue weighted by atomic mass is 32.2. The van der Waals surface area contributed by atoms with E-state index in [2.05, 4.69) is 50.5 Å². The van der Waals surface area contributed by atoms with Gasteiger partial charge in [-0.05, 0) is 120 Å². The summed E-state index contributed by atoms with van der Waals surface area (Å²) in [5.74, 6) is 1.14. The summed E-state index contributed by atoms with van der Waals surface area (Å²) in [7, 11) is 0.777. The Hall–Kier alpha value is -1.97. The molecule has 5 rings (SSSR count). The number of aromatic nitrogens is 3. The number of piperidine rings is 1. The van der Waals surface area contributed by atoms with Crippen LogP contribution >= 0.6 is 0 Å². The number of sulfone groups is 1. The lowest BCUT2D eigenvalue weighted by Gasteiger charge is -2.31. The Balaban J connectivity index is 1.18. The van der Waals surface area contributed by atoms with Crippen LogP contribution in [0.25, 0.3) is 0 Å². The number of H-pyrrole nitrogens is 1. The van der Waals surface area contributed by atoms with Crippen molar-refractivity contribution in [2.24, 2.45) is 5.92 Å². The summed E-state index contributed by atoms with van der Waals surface area (Å²) < 4.78 is 25.8. The largest absolute Gasteiger partial charge is 0.322 e. The van der Waals surface area contributed by atoms with Crippen molar-refractivity contribution in [2.75, 3.05) is 51.3 Å². The number of hydrogen-bond acceptors (Lipinski definition) is 7. The molecule has 2 heterocycles. The zero-order chi connectivity index (χ0) is 23.7. The van der Waals surface area contributed by atoms with Gasteiger partial charge in [0, 0.05) is 12.2 Å². The molecule has 9 heteroatoms. The van der Waals surface area contributed by atoms with Crippen LogP contribution in [0.5, 0.6) is 0 Å². The van der Waals surface area contributed by atoms with E-state index in [4.69, 9.17) is 0 Å². The number of hydrogen-bond donors (Lipinski definition) is 2. The van der Waals surface area contributed by atoms with Crippen LogP contribution < -0.4 is 5.32 Å². The molecule has 0 spiro atoms. The Bertz CT molecular complexity index is 1090. The van der Waals surface area contributed by atoms with Crippen LogP contribution in [0.1, 0.15) is 54.4 Å². The van der Waals surface area contributed by atoms with Crippen molar-refractivity contribution in [1.29, 1.82) is 0 Å². The molecule has 8 nitrogen and oxygen atoms in total. The average Bonchev–Trinajstić information content (AvgIpc) is 3.55. The van der Waals surface area contributed by atoms with Gasteiger partial charge in [-0.1, -0.05) is 6.07 Å². The summed E-state index contributed by atoms with van der Waals surface area (Å²) in [5, 5.41) is 10.3. The molecule has 3 aliphatic rings. The van der Waals surface area contributed by atoms with Crippen molar-refractivity contribution in [3.05, 3.63) is 28.3 Å². The van der Waals surface area contributed by atoms with Crippen molar-refractivity contribution < 1.29 is 8.42 Å². The highest BCUT2D eigenvalue weighted by Gasteiger charge is 2.26. The van der Waals surface area contributed by atoms with E-state index in [1.54, 1.807) is 0 Å². The second-order valence-corrected chi connectivity index (χ2v) is 12.5. The highest BCUT2D eigenvalue weighted by Crippen LogP contribution is 2.39. The van der Waals surface area contributed by atoms with Gasteiger partial charge >= 0.3 is 0 Å². The molecule has 0 amide bonds. The number of likely N-dealkylation sites (tertiary alicyclic amines) is 1. The first kappa shape index (κ1) is 23.8. The van der Waals surface area contributed by atoms with Crippen molar-refractivity contribution in [2.45, 2.75) is 62.9 Å². The van der Waals surface area contributed by atoms with Crippen molar-refractivity contribution in [1.82, 2.24) is 25.0 Å². The third kappa shape index (κ3) is 5.16. The van der Waals surface area contributed by atoms with E-state index in [9.17, 15) is 8.42 Å². The first-order valence-corrected chi connectivity index (χ1v) is 14.5. The third-order valence-electron chi connectivity index (χ3n) is 7.83. The predicted octanol–water partition coefficient (Wildman–Crippen LogP) is 2.96. The number of aromatic amines is 1. The molecule has 2 aromatic rings. The first-order chi connectivity index (χ1) is 16.4. The molecular formula is C25H38N6O2S. The van der Waals surface area contributed by atoms with Crippen LogP contribution in [0, 0.1) is 5.92 Å². The average molecular weight is 487 g/mol. The zero-order valence-corrected chi connectivity index (χ0v) is 21.4. The summed E-state index contributed by atoms with van der Waals surface area (Å²) in [6.45, 7) is 4.12. The van der Waals surface area contributed by atoms with E-state index in [0.29, 0.717) is 18.3 Å². The number of rotatable bonds is 9. The van der Waals surface area contributed by atoms with Crippen LogP contribution in [-0.2, 0) is 35.5 Å². The molecule has 0 unspecified atom stereocenters. The molecule has 186 valence electrons. The van der Waals surface area contributed by atoms with E-state index >= 15 is 0 Å². The lowest BCUT2D eigenvalue weighted by Crippen LogP contribution is -2.36. The maximum Gasteiger partial charge on any atom is 0.247 e. The van der Waals surface area contributed by atoms with Crippen molar-refractivity contribution in [3.8, 4) is 0 Å². The topological polar surface area (TPSA) is 94.2 Å². The lowest BCUT2D eigenvalue weighted by molar-refractivity contribution is 0.176. The molecule has 1 fully saturated rings. The molecule has 0 atom stereocenters. The molecule has 2 aliphatic carbocycles. The van der Waals surface area contributed by atoms with Gasteiger partial charge in [-0.3, -0.25) is 0 Å². The fraction of sp³-hybridized carbons (Fsp3) is 0.680. The van der Waals surface area contributed by atoms with Crippen molar-refractivity contribution in [3.63, 3.8) is 0 Å². The number of nitrogens with zero attached hydrogens (tertiary/aromatic N) is 4. The van der Waals surface area contributed by atoms with Gasteiger partial charge in [-0.15, -0.1) is 5.10 Å². The fourth-order valence-corrected chi connectivity index (χ4v) is 7.03. The Morgan fingerprint density at radius 2 is 1.79 bits per heavy atom. The van der Waals surface area contributed by atoms with Crippen LogP contribution in [0.15, 0.2) is 11.2 Å². The molecule has 1 saturated heterocycles. The normalized spacial score (nSPS) is 19.0.